The lowest BCUT2D eigenvalue weighted by molar-refractivity contribution is -0.141. The molecule has 1 aliphatic rings. The first-order chi connectivity index (χ1) is 9.70. The van der Waals surface area contributed by atoms with Crippen molar-refractivity contribution in [3.05, 3.63) is 23.4 Å². The summed E-state index contributed by atoms with van der Waals surface area (Å²) in [7, 11) is 0. The number of primary amides is 1. The SMILES string of the molecule is CC1CCC(Nc2nc(C(F)(F)F)ccc2C(N)=O)C1C. The number of pyridine rings is 1. The summed E-state index contributed by atoms with van der Waals surface area (Å²) in [6.07, 6.45) is -2.73. The van der Waals surface area contributed by atoms with Gasteiger partial charge < -0.3 is 11.1 Å². The molecule has 0 aliphatic heterocycles. The van der Waals surface area contributed by atoms with Gasteiger partial charge >= 0.3 is 6.18 Å². The molecule has 1 aromatic rings. The maximum Gasteiger partial charge on any atom is 0.433 e. The van der Waals surface area contributed by atoms with Gasteiger partial charge in [-0.3, -0.25) is 4.79 Å². The van der Waals surface area contributed by atoms with Gasteiger partial charge in [0.1, 0.15) is 11.5 Å². The minimum absolute atomic E-state index is 0.00548. The molecule has 0 spiro atoms. The lowest BCUT2D eigenvalue weighted by atomic mass is 9.97. The molecule has 3 unspecified atom stereocenters. The van der Waals surface area contributed by atoms with Crippen LogP contribution in [0.1, 0.15) is 42.7 Å². The van der Waals surface area contributed by atoms with Gasteiger partial charge in [0.2, 0.25) is 0 Å². The Hall–Kier alpha value is -1.79. The summed E-state index contributed by atoms with van der Waals surface area (Å²) < 4.78 is 38.2. The van der Waals surface area contributed by atoms with Crippen LogP contribution in [0.4, 0.5) is 19.0 Å². The predicted molar refractivity (Wildman–Crippen MR) is 72.7 cm³/mol. The number of nitrogens with zero attached hydrogens (tertiary/aromatic N) is 1. The third-order valence-corrected chi connectivity index (χ3v) is 4.24. The number of nitrogens with one attached hydrogen (secondary N) is 1. The Morgan fingerprint density at radius 1 is 1.33 bits per heavy atom. The van der Waals surface area contributed by atoms with Crippen molar-refractivity contribution in [2.75, 3.05) is 5.32 Å². The minimum Gasteiger partial charge on any atom is -0.366 e. The third kappa shape index (κ3) is 3.28. The summed E-state index contributed by atoms with van der Waals surface area (Å²) in [6.45, 7) is 4.13. The molecule has 0 aromatic carbocycles. The fourth-order valence-electron chi connectivity index (χ4n) is 2.67. The normalized spacial score (nSPS) is 25.9. The molecule has 3 atom stereocenters. The molecule has 1 amide bonds. The number of nitrogens with two attached hydrogens (primary N) is 1. The molecule has 1 aromatic heterocycles. The number of hydrogen-bond donors (Lipinski definition) is 2. The van der Waals surface area contributed by atoms with Gasteiger partial charge in [0.25, 0.3) is 5.91 Å². The number of carbonyl (C=O) groups is 1. The van der Waals surface area contributed by atoms with Crippen molar-refractivity contribution in [2.24, 2.45) is 17.6 Å². The average molecular weight is 301 g/mol. The van der Waals surface area contributed by atoms with Crippen LogP contribution in [0.3, 0.4) is 0 Å². The second kappa shape index (κ2) is 5.54. The molecule has 0 saturated heterocycles. The third-order valence-electron chi connectivity index (χ3n) is 4.24. The fraction of sp³-hybridized carbons (Fsp3) is 0.571. The quantitative estimate of drug-likeness (QED) is 0.901. The molecule has 1 saturated carbocycles. The van der Waals surface area contributed by atoms with E-state index in [2.05, 4.69) is 17.2 Å². The molecular formula is C14H18F3N3O. The van der Waals surface area contributed by atoms with Crippen LogP contribution >= 0.6 is 0 Å². The fourth-order valence-corrected chi connectivity index (χ4v) is 2.67. The van der Waals surface area contributed by atoms with Crippen LogP contribution in [0.5, 0.6) is 0 Å². The van der Waals surface area contributed by atoms with E-state index < -0.39 is 17.8 Å². The molecule has 1 heterocycles. The second-order valence-corrected chi connectivity index (χ2v) is 5.62. The number of carbonyl (C=O) groups excluding carboxylic acids is 1. The van der Waals surface area contributed by atoms with Crippen LogP contribution < -0.4 is 11.1 Å². The number of amides is 1. The Morgan fingerprint density at radius 3 is 2.48 bits per heavy atom. The highest BCUT2D eigenvalue weighted by Crippen LogP contribution is 2.34. The van der Waals surface area contributed by atoms with E-state index in [-0.39, 0.29) is 17.4 Å². The summed E-state index contributed by atoms with van der Waals surface area (Å²) in [5.41, 5.74) is 4.16. The monoisotopic (exact) mass is 301 g/mol. The standard InChI is InChI=1S/C14H18F3N3O/c1-7-3-5-10(8(7)2)19-13-9(12(18)21)4-6-11(20-13)14(15,16)17/h4,6-8,10H,3,5H2,1-2H3,(H2,18,21)(H,19,20). The van der Waals surface area contributed by atoms with Gasteiger partial charge in [-0.1, -0.05) is 13.8 Å². The molecule has 2 rings (SSSR count). The van der Waals surface area contributed by atoms with Crippen LogP contribution in [-0.4, -0.2) is 16.9 Å². The summed E-state index contributed by atoms with van der Waals surface area (Å²) in [6, 6.07) is 1.84. The second-order valence-electron chi connectivity index (χ2n) is 5.62. The molecule has 1 fully saturated rings. The molecule has 1 aliphatic carbocycles. The summed E-state index contributed by atoms with van der Waals surface area (Å²) in [5, 5.41) is 2.97. The van der Waals surface area contributed by atoms with Gasteiger partial charge in [-0.05, 0) is 36.8 Å². The van der Waals surface area contributed by atoms with Crippen LogP contribution in [0, 0.1) is 11.8 Å². The first kappa shape index (κ1) is 15.6. The van der Waals surface area contributed by atoms with E-state index in [1.807, 2.05) is 6.92 Å². The molecule has 116 valence electrons. The van der Waals surface area contributed by atoms with Gasteiger partial charge in [-0.15, -0.1) is 0 Å². The van der Waals surface area contributed by atoms with E-state index in [0.717, 1.165) is 25.0 Å². The van der Waals surface area contributed by atoms with E-state index in [4.69, 9.17) is 5.73 Å². The molecule has 0 bridgehead atoms. The lowest BCUT2D eigenvalue weighted by Gasteiger charge is -2.22. The average Bonchev–Trinajstić information content (AvgIpc) is 2.69. The Morgan fingerprint density at radius 2 is 2.00 bits per heavy atom. The van der Waals surface area contributed by atoms with Gasteiger partial charge in [0.15, 0.2) is 0 Å². The van der Waals surface area contributed by atoms with E-state index in [1.165, 1.54) is 0 Å². The smallest absolute Gasteiger partial charge is 0.366 e. The Bertz CT molecular complexity index is 545. The first-order valence-corrected chi connectivity index (χ1v) is 6.84. The van der Waals surface area contributed by atoms with Gasteiger partial charge in [0.05, 0.1) is 5.56 Å². The zero-order valence-corrected chi connectivity index (χ0v) is 11.9. The van der Waals surface area contributed by atoms with E-state index in [9.17, 15) is 18.0 Å². The van der Waals surface area contributed by atoms with Crippen LogP contribution in [0.15, 0.2) is 12.1 Å². The Balaban J connectivity index is 2.33. The maximum absolute atomic E-state index is 12.7. The first-order valence-electron chi connectivity index (χ1n) is 6.84. The zero-order valence-electron chi connectivity index (χ0n) is 11.9. The number of anilines is 1. The highest BCUT2D eigenvalue weighted by molar-refractivity contribution is 5.97. The Labute approximate surface area is 120 Å². The van der Waals surface area contributed by atoms with Crippen molar-refractivity contribution in [1.29, 1.82) is 0 Å². The van der Waals surface area contributed by atoms with Crippen molar-refractivity contribution >= 4 is 11.7 Å². The highest BCUT2D eigenvalue weighted by atomic mass is 19.4. The number of hydrogen-bond acceptors (Lipinski definition) is 3. The van der Waals surface area contributed by atoms with Crippen LogP contribution in [-0.2, 0) is 6.18 Å². The maximum atomic E-state index is 12.7. The van der Waals surface area contributed by atoms with Crippen molar-refractivity contribution < 1.29 is 18.0 Å². The molecular weight excluding hydrogens is 283 g/mol. The van der Waals surface area contributed by atoms with Crippen molar-refractivity contribution in [2.45, 2.75) is 38.9 Å². The summed E-state index contributed by atoms with van der Waals surface area (Å²) in [5.74, 6) is -0.104. The number of alkyl halides is 3. The van der Waals surface area contributed by atoms with Gasteiger partial charge in [-0.25, -0.2) is 4.98 Å². The molecule has 7 heteroatoms. The van der Waals surface area contributed by atoms with Crippen molar-refractivity contribution in [3.63, 3.8) is 0 Å². The van der Waals surface area contributed by atoms with Crippen LogP contribution in [0.25, 0.3) is 0 Å². The van der Waals surface area contributed by atoms with Gasteiger partial charge in [0, 0.05) is 6.04 Å². The van der Waals surface area contributed by atoms with Crippen LogP contribution in [0.2, 0.25) is 0 Å². The molecule has 21 heavy (non-hydrogen) atoms. The zero-order chi connectivity index (χ0) is 15.8. The number of rotatable bonds is 3. The number of aromatic nitrogens is 1. The molecule has 0 radical (unpaired) electrons. The largest absolute Gasteiger partial charge is 0.433 e. The topological polar surface area (TPSA) is 68.0 Å². The van der Waals surface area contributed by atoms with E-state index in [0.29, 0.717) is 11.8 Å². The molecule has 3 N–H and O–H groups in total. The summed E-state index contributed by atoms with van der Waals surface area (Å²) >= 11 is 0. The predicted octanol–water partition coefficient (Wildman–Crippen LogP) is 3.05. The van der Waals surface area contributed by atoms with Gasteiger partial charge in [-0.2, -0.15) is 13.2 Å². The lowest BCUT2D eigenvalue weighted by Crippen LogP contribution is -2.27. The molecule has 4 nitrogen and oxygen atoms in total. The Kier molecular flexibility index (Phi) is 4.11. The van der Waals surface area contributed by atoms with E-state index >= 15 is 0 Å². The minimum atomic E-state index is -4.55. The highest BCUT2D eigenvalue weighted by Gasteiger charge is 2.35. The van der Waals surface area contributed by atoms with Crippen molar-refractivity contribution in [3.8, 4) is 0 Å². The van der Waals surface area contributed by atoms with Crippen molar-refractivity contribution in [1.82, 2.24) is 4.98 Å². The van der Waals surface area contributed by atoms with E-state index in [1.54, 1.807) is 0 Å². The summed E-state index contributed by atoms with van der Waals surface area (Å²) in [4.78, 5) is 14.9. The number of halogens is 3.